The van der Waals surface area contributed by atoms with E-state index in [1.165, 1.54) is 45.4 Å². The second-order valence-electron chi connectivity index (χ2n) is 10.9. The Labute approximate surface area is 209 Å². The fourth-order valence-electron chi connectivity index (χ4n) is 4.42. The van der Waals surface area contributed by atoms with Gasteiger partial charge in [0.25, 0.3) is 0 Å². The minimum Gasteiger partial charge on any atom is -0.458 e. The van der Waals surface area contributed by atoms with Gasteiger partial charge in [0.2, 0.25) is 0 Å². The van der Waals surface area contributed by atoms with Crippen LogP contribution in [0.4, 0.5) is 0 Å². The van der Waals surface area contributed by atoms with E-state index in [1.807, 2.05) is 19.1 Å². The molecule has 0 spiro atoms. The maximum atomic E-state index is 12.7. The molecule has 0 bridgehead atoms. The molecule has 1 aliphatic heterocycles. The Hall–Kier alpha value is -1.84. The third-order valence-corrected chi connectivity index (χ3v) is 6.85. The molecule has 4 nitrogen and oxygen atoms in total. The molecule has 0 aromatic heterocycles. The molecule has 34 heavy (non-hydrogen) atoms. The Morgan fingerprint density at radius 3 is 2.47 bits per heavy atom. The van der Waals surface area contributed by atoms with Crippen molar-refractivity contribution in [3.63, 3.8) is 0 Å². The zero-order chi connectivity index (χ0) is 25.6. The van der Waals surface area contributed by atoms with Crippen molar-refractivity contribution >= 4 is 11.9 Å². The van der Waals surface area contributed by atoms with Crippen molar-refractivity contribution in [2.45, 2.75) is 125 Å². The minimum atomic E-state index is -0.338. The van der Waals surface area contributed by atoms with E-state index in [4.69, 9.17) is 9.47 Å². The number of esters is 2. The van der Waals surface area contributed by atoms with Gasteiger partial charge < -0.3 is 9.47 Å². The molecule has 4 unspecified atom stereocenters. The van der Waals surface area contributed by atoms with E-state index < -0.39 is 0 Å². The van der Waals surface area contributed by atoms with Crippen molar-refractivity contribution in [1.29, 1.82) is 0 Å². The molecule has 194 valence electrons. The summed E-state index contributed by atoms with van der Waals surface area (Å²) in [7, 11) is 0. The summed E-state index contributed by atoms with van der Waals surface area (Å²) < 4.78 is 11.7. The third kappa shape index (κ3) is 12.0. The first kappa shape index (κ1) is 30.2. The molecule has 0 saturated heterocycles. The van der Waals surface area contributed by atoms with Gasteiger partial charge in [0, 0.05) is 24.7 Å². The molecular weight excluding hydrogens is 424 g/mol. The molecule has 0 aliphatic carbocycles. The molecule has 1 aliphatic rings. The molecule has 0 aromatic carbocycles. The Kier molecular flexibility index (Phi) is 14.2. The predicted molar refractivity (Wildman–Crippen MR) is 141 cm³/mol. The summed E-state index contributed by atoms with van der Waals surface area (Å²) in [6.45, 7) is 14.1. The van der Waals surface area contributed by atoms with E-state index in [0.29, 0.717) is 6.42 Å². The first-order valence-corrected chi connectivity index (χ1v) is 13.4. The quantitative estimate of drug-likeness (QED) is 0.139. The average molecular weight is 475 g/mol. The predicted octanol–water partition coefficient (Wildman–Crippen LogP) is 8.12. The Bertz CT molecular complexity index is 701. The molecule has 1 heterocycles. The van der Waals surface area contributed by atoms with Gasteiger partial charge in [-0.3, -0.25) is 9.59 Å². The van der Waals surface area contributed by atoms with Gasteiger partial charge in [-0.1, -0.05) is 91.0 Å². The van der Waals surface area contributed by atoms with E-state index in [1.54, 1.807) is 0 Å². The monoisotopic (exact) mass is 474 g/mol. The lowest BCUT2D eigenvalue weighted by Crippen LogP contribution is -2.34. The highest BCUT2D eigenvalue weighted by molar-refractivity contribution is 5.70. The summed E-state index contributed by atoms with van der Waals surface area (Å²) in [6, 6.07) is 0. The number of carbonyl (C=O) groups is 2. The molecule has 0 saturated carbocycles. The number of rotatable bonds is 10. The summed E-state index contributed by atoms with van der Waals surface area (Å²) in [5, 5.41) is 0. The van der Waals surface area contributed by atoms with E-state index in [9.17, 15) is 9.59 Å². The largest absolute Gasteiger partial charge is 0.458 e. The summed E-state index contributed by atoms with van der Waals surface area (Å²) >= 11 is 0. The van der Waals surface area contributed by atoms with E-state index in [-0.39, 0.29) is 41.4 Å². The van der Waals surface area contributed by atoms with E-state index in [2.05, 4.69) is 52.8 Å². The summed E-state index contributed by atoms with van der Waals surface area (Å²) in [5.74, 6) is -0.233. The standard InChI is InChI=1S/C30H50O4/c1-8-9-10-11-12-13-14-15-16-17-24(3)29-25(4)18-19-27(33-26(5)31)30(6,7)21-20-23(2)22-28(32)34-29/h15-19,23,25,27,29H,8-14,20-22H2,1-7H3/b16-15+,19-18+,24-17+. The van der Waals surface area contributed by atoms with Crippen molar-refractivity contribution in [3.8, 4) is 0 Å². The maximum absolute atomic E-state index is 12.7. The first-order valence-electron chi connectivity index (χ1n) is 13.4. The molecule has 4 atom stereocenters. The average Bonchev–Trinajstić information content (AvgIpc) is 2.76. The van der Waals surface area contributed by atoms with Crippen molar-refractivity contribution in [3.05, 3.63) is 36.0 Å². The first-order chi connectivity index (χ1) is 16.1. The lowest BCUT2D eigenvalue weighted by molar-refractivity contribution is -0.150. The summed E-state index contributed by atoms with van der Waals surface area (Å²) in [5.41, 5.74) is 0.816. The number of cyclic esters (lactones) is 1. The summed E-state index contributed by atoms with van der Waals surface area (Å²) in [4.78, 5) is 24.5. The fraction of sp³-hybridized carbons (Fsp3) is 0.733. The van der Waals surface area contributed by atoms with Crippen molar-refractivity contribution < 1.29 is 19.1 Å². The van der Waals surface area contributed by atoms with Crippen LogP contribution in [0.2, 0.25) is 0 Å². The van der Waals surface area contributed by atoms with Crippen LogP contribution in [0.5, 0.6) is 0 Å². The highest BCUT2D eigenvalue weighted by Crippen LogP contribution is 2.34. The van der Waals surface area contributed by atoms with Crippen LogP contribution in [0, 0.1) is 17.3 Å². The lowest BCUT2D eigenvalue weighted by Gasteiger charge is -2.34. The Morgan fingerprint density at radius 1 is 1.12 bits per heavy atom. The van der Waals surface area contributed by atoms with Gasteiger partial charge in [0.15, 0.2) is 0 Å². The van der Waals surface area contributed by atoms with Crippen LogP contribution in [-0.4, -0.2) is 24.1 Å². The minimum absolute atomic E-state index is 0.0317. The van der Waals surface area contributed by atoms with Gasteiger partial charge in [-0.25, -0.2) is 0 Å². The van der Waals surface area contributed by atoms with Crippen molar-refractivity contribution in [2.24, 2.45) is 17.3 Å². The highest BCUT2D eigenvalue weighted by atomic mass is 16.5. The third-order valence-electron chi connectivity index (χ3n) is 6.85. The maximum Gasteiger partial charge on any atom is 0.306 e. The number of carbonyl (C=O) groups excluding carboxylic acids is 2. The van der Waals surface area contributed by atoms with Gasteiger partial charge in [0.05, 0.1) is 0 Å². The van der Waals surface area contributed by atoms with E-state index in [0.717, 1.165) is 24.8 Å². The highest BCUT2D eigenvalue weighted by Gasteiger charge is 2.32. The van der Waals surface area contributed by atoms with E-state index >= 15 is 0 Å². The van der Waals surface area contributed by atoms with Crippen molar-refractivity contribution in [1.82, 2.24) is 0 Å². The van der Waals surface area contributed by atoms with Crippen LogP contribution in [0.15, 0.2) is 36.0 Å². The van der Waals surface area contributed by atoms with Gasteiger partial charge in [0.1, 0.15) is 12.2 Å². The number of hydrogen-bond acceptors (Lipinski definition) is 4. The van der Waals surface area contributed by atoms with Crippen LogP contribution >= 0.6 is 0 Å². The van der Waals surface area contributed by atoms with Crippen LogP contribution in [0.3, 0.4) is 0 Å². The molecule has 0 radical (unpaired) electrons. The SMILES string of the molecule is CCCCCCCC/C=C/C=C(\C)C1OC(=O)CC(C)CCC(C)(C)C(OC(C)=O)/C=C/C1C. The molecular formula is C30H50O4. The van der Waals surface area contributed by atoms with Crippen molar-refractivity contribution in [2.75, 3.05) is 0 Å². The normalized spacial score (nSPS) is 27.5. The molecule has 0 N–H and O–H groups in total. The van der Waals surface area contributed by atoms with Crippen LogP contribution in [0.1, 0.15) is 113 Å². The molecule has 0 amide bonds. The van der Waals surface area contributed by atoms with Gasteiger partial charge in [-0.15, -0.1) is 0 Å². The molecule has 1 rings (SSSR count). The zero-order valence-corrected chi connectivity index (χ0v) is 22.9. The van der Waals surface area contributed by atoms with Gasteiger partial charge >= 0.3 is 11.9 Å². The van der Waals surface area contributed by atoms with Crippen LogP contribution in [0.25, 0.3) is 0 Å². The smallest absolute Gasteiger partial charge is 0.306 e. The molecule has 0 fully saturated rings. The molecule has 4 heteroatoms. The fourth-order valence-corrected chi connectivity index (χ4v) is 4.42. The lowest BCUT2D eigenvalue weighted by atomic mass is 9.78. The second-order valence-corrected chi connectivity index (χ2v) is 10.9. The topological polar surface area (TPSA) is 52.6 Å². The van der Waals surface area contributed by atoms with Gasteiger partial charge in [-0.05, 0) is 50.2 Å². The zero-order valence-electron chi connectivity index (χ0n) is 22.9. The Balaban J connectivity index is 2.93. The van der Waals surface area contributed by atoms with Gasteiger partial charge in [-0.2, -0.15) is 0 Å². The van der Waals surface area contributed by atoms with Crippen LogP contribution < -0.4 is 0 Å². The number of ether oxygens (including phenoxy) is 2. The number of hydrogen-bond donors (Lipinski definition) is 0. The number of allylic oxidation sites excluding steroid dienone is 3. The number of unbranched alkanes of at least 4 members (excludes halogenated alkanes) is 6. The Morgan fingerprint density at radius 2 is 1.79 bits per heavy atom. The summed E-state index contributed by atoms with van der Waals surface area (Å²) in [6.07, 6.45) is 20.8. The van der Waals surface area contributed by atoms with Crippen LogP contribution in [-0.2, 0) is 19.1 Å². The second kappa shape index (κ2) is 15.9. The molecule has 0 aromatic rings.